The normalized spacial score (nSPS) is 14.6. The van der Waals surface area contributed by atoms with E-state index in [-0.39, 0.29) is 23.7 Å². The van der Waals surface area contributed by atoms with Crippen molar-refractivity contribution in [2.45, 2.75) is 17.9 Å². The Labute approximate surface area is 214 Å². The molecule has 5 rings (SSSR count). The Morgan fingerprint density at radius 1 is 1.03 bits per heavy atom. The first-order valence-electron chi connectivity index (χ1n) is 11.8. The van der Waals surface area contributed by atoms with Gasteiger partial charge in [-0.05, 0) is 55.6 Å². The molecule has 0 spiro atoms. The number of rotatable bonds is 7. The Morgan fingerprint density at radius 3 is 2.57 bits per heavy atom. The van der Waals surface area contributed by atoms with Crippen LogP contribution < -0.4 is 9.73 Å². The van der Waals surface area contributed by atoms with E-state index in [0.29, 0.717) is 18.7 Å². The zero-order valence-corrected chi connectivity index (χ0v) is 21.3. The second-order valence-corrected chi connectivity index (χ2v) is 10.8. The lowest BCUT2D eigenvalue weighted by atomic mass is 10.1. The van der Waals surface area contributed by atoms with Gasteiger partial charge in [0.25, 0.3) is 10.0 Å². The Kier molecular flexibility index (Phi) is 6.67. The molecule has 4 aromatic rings. The molecule has 1 saturated heterocycles. The summed E-state index contributed by atoms with van der Waals surface area (Å²) >= 11 is 0. The lowest BCUT2D eigenvalue weighted by Crippen LogP contribution is -2.56. The van der Waals surface area contributed by atoms with E-state index < -0.39 is 21.9 Å². The Bertz CT molecular complexity index is 1570. The third-order valence-corrected chi connectivity index (χ3v) is 7.50. The van der Waals surface area contributed by atoms with Gasteiger partial charge in [0.2, 0.25) is 0 Å². The van der Waals surface area contributed by atoms with Crippen molar-refractivity contribution >= 4 is 32.5 Å². The van der Waals surface area contributed by atoms with Crippen LogP contribution in [0.25, 0.3) is 16.5 Å². The summed E-state index contributed by atoms with van der Waals surface area (Å²) in [5.74, 6) is 0.162. The van der Waals surface area contributed by atoms with Gasteiger partial charge in [-0.2, -0.15) is 0 Å². The average molecular weight is 523 g/mol. The first kappa shape index (κ1) is 24.9. The third-order valence-electron chi connectivity index (χ3n) is 6.16. The van der Waals surface area contributed by atoms with Crippen molar-refractivity contribution < 1.29 is 17.6 Å². The molecule has 2 heterocycles. The van der Waals surface area contributed by atoms with Crippen molar-refractivity contribution in [2.24, 2.45) is 0 Å². The molecule has 192 valence electrons. The van der Waals surface area contributed by atoms with E-state index in [1.54, 1.807) is 35.2 Å². The molecular weight excluding hydrogens is 495 g/mol. The number of benzene rings is 3. The number of carbonyl (C=O) groups is 1. The predicted molar refractivity (Wildman–Crippen MR) is 139 cm³/mol. The summed E-state index contributed by atoms with van der Waals surface area (Å²) in [4.78, 5) is 23.2. The van der Waals surface area contributed by atoms with E-state index in [0.717, 1.165) is 21.6 Å². The van der Waals surface area contributed by atoms with E-state index >= 15 is 4.39 Å². The number of hydrogen-bond donors (Lipinski definition) is 1. The number of imidazole rings is 1. The van der Waals surface area contributed by atoms with Crippen molar-refractivity contribution in [1.29, 1.82) is 0 Å². The minimum absolute atomic E-state index is 0.0421. The monoisotopic (exact) mass is 522 g/mol. The van der Waals surface area contributed by atoms with E-state index in [9.17, 15) is 13.2 Å². The highest BCUT2D eigenvalue weighted by Crippen LogP contribution is 2.27. The zero-order valence-electron chi connectivity index (χ0n) is 20.5. The van der Waals surface area contributed by atoms with Gasteiger partial charge >= 0.3 is 6.03 Å². The maximum absolute atomic E-state index is 15.3. The molecule has 0 atom stereocenters. The molecular formula is C26H27FN6O3S. The minimum atomic E-state index is -4.03. The van der Waals surface area contributed by atoms with Crippen LogP contribution in [0.4, 0.5) is 14.9 Å². The van der Waals surface area contributed by atoms with Crippen LogP contribution in [0.15, 0.2) is 78.0 Å². The van der Waals surface area contributed by atoms with Gasteiger partial charge in [-0.1, -0.05) is 30.3 Å². The maximum atomic E-state index is 15.3. The number of halogens is 1. The van der Waals surface area contributed by atoms with Crippen LogP contribution in [0.2, 0.25) is 0 Å². The summed E-state index contributed by atoms with van der Waals surface area (Å²) in [6.45, 7) is 1.01. The second kappa shape index (κ2) is 9.92. The zero-order chi connectivity index (χ0) is 26.2. The maximum Gasteiger partial charge on any atom is 0.339 e. The van der Waals surface area contributed by atoms with Gasteiger partial charge in [0.05, 0.1) is 17.1 Å². The number of sulfonamides is 1. The molecule has 0 aliphatic carbocycles. The highest BCUT2D eigenvalue weighted by Gasteiger charge is 2.32. The molecule has 0 saturated carbocycles. The van der Waals surface area contributed by atoms with Crippen LogP contribution in [-0.4, -0.2) is 61.1 Å². The molecule has 0 bridgehead atoms. The Hall–Kier alpha value is -3.80. The number of hydrogen-bond acceptors (Lipinski definition) is 5. The van der Waals surface area contributed by atoms with Gasteiger partial charge in [0, 0.05) is 37.2 Å². The lowest BCUT2D eigenvalue weighted by Gasteiger charge is -2.35. The summed E-state index contributed by atoms with van der Waals surface area (Å²) in [6, 6.07) is 16.1. The average Bonchev–Trinajstić information content (AvgIpc) is 3.32. The van der Waals surface area contributed by atoms with Crippen LogP contribution in [0.1, 0.15) is 12.2 Å². The molecule has 0 unspecified atom stereocenters. The molecule has 1 fully saturated rings. The molecule has 11 heteroatoms. The topological polar surface area (TPSA) is 90.8 Å². The second-order valence-electron chi connectivity index (χ2n) is 9.13. The van der Waals surface area contributed by atoms with E-state index in [1.807, 2.05) is 43.3 Å². The number of fused-ring (bicyclic) bond motifs is 1. The van der Waals surface area contributed by atoms with Crippen molar-refractivity contribution in [1.82, 2.24) is 24.3 Å². The number of aromatic nitrogens is 2. The number of carbonyl (C=O) groups excluding carboxylic acids is 1. The van der Waals surface area contributed by atoms with Gasteiger partial charge in [-0.25, -0.2) is 27.6 Å². The first-order chi connectivity index (χ1) is 17.7. The molecule has 37 heavy (non-hydrogen) atoms. The van der Waals surface area contributed by atoms with Gasteiger partial charge in [-0.15, -0.1) is 4.83 Å². The smallest absolute Gasteiger partial charge is 0.303 e. The highest BCUT2D eigenvalue weighted by atomic mass is 32.2. The third kappa shape index (κ3) is 5.06. The number of amides is 2. The SMILES string of the molecule is CN(C)Cc1nccn1-c1ccc(N2CCCN(NS(=O)(=O)c3ccc4ccccc4c3)C2=O)c(F)c1. The summed E-state index contributed by atoms with van der Waals surface area (Å²) < 4.78 is 43.2. The molecule has 1 aliphatic heterocycles. The number of nitrogens with zero attached hydrogens (tertiary/aromatic N) is 5. The summed E-state index contributed by atoms with van der Waals surface area (Å²) in [5, 5.41) is 2.70. The van der Waals surface area contributed by atoms with Crippen molar-refractivity contribution in [3.05, 3.63) is 84.7 Å². The summed E-state index contributed by atoms with van der Waals surface area (Å²) in [5.41, 5.74) is 0.659. The number of anilines is 1. The first-order valence-corrected chi connectivity index (χ1v) is 13.3. The fourth-order valence-electron chi connectivity index (χ4n) is 4.40. The standard InChI is InChI=1S/C26H27FN6O3S/c1-30(2)18-25-28-12-15-31(25)21-9-11-24(23(27)17-21)32-13-5-14-33(26(32)34)29-37(35,36)22-10-8-19-6-3-4-7-20(19)16-22/h3-4,6-12,15-17,29H,5,13-14,18H2,1-2H3. The molecule has 3 aromatic carbocycles. The number of nitrogens with one attached hydrogen (secondary N) is 1. The van der Waals surface area contributed by atoms with Gasteiger partial charge < -0.3 is 9.47 Å². The van der Waals surface area contributed by atoms with Gasteiger partial charge in [0.1, 0.15) is 11.6 Å². The van der Waals surface area contributed by atoms with Crippen LogP contribution in [0.5, 0.6) is 0 Å². The summed E-state index contributed by atoms with van der Waals surface area (Å²) in [7, 11) is -0.188. The fraction of sp³-hybridized carbons (Fsp3) is 0.231. The Morgan fingerprint density at radius 2 is 1.81 bits per heavy atom. The lowest BCUT2D eigenvalue weighted by molar-refractivity contribution is 0.185. The van der Waals surface area contributed by atoms with E-state index in [2.05, 4.69) is 9.82 Å². The molecule has 1 aromatic heterocycles. The van der Waals surface area contributed by atoms with E-state index in [1.165, 1.54) is 23.1 Å². The molecule has 1 aliphatic rings. The highest BCUT2D eigenvalue weighted by molar-refractivity contribution is 7.89. The van der Waals surface area contributed by atoms with Crippen molar-refractivity contribution in [3.63, 3.8) is 0 Å². The minimum Gasteiger partial charge on any atom is -0.303 e. The van der Waals surface area contributed by atoms with E-state index in [4.69, 9.17) is 0 Å². The molecule has 1 N–H and O–H groups in total. The van der Waals surface area contributed by atoms with Crippen LogP contribution >= 0.6 is 0 Å². The predicted octanol–water partition coefficient (Wildman–Crippen LogP) is 3.75. The largest absolute Gasteiger partial charge is 0.339 e. The molecule has 0 radical (unpaired) electrons. The number of urea groups is 1. The van der Waals surface area contributed by atoms with Gasteiger partial charge in [-0.3, -0.25) is 4.90 Å². The van der Waals surface area contributed by atoms with Crippen molar-refractivity contribution in [2.75, 3.05) is 32.1 Å². The van der Waals surface area contributed by atoms with Crippen LogP contribution in [0, 0.1) is 5.82 Å². The fourth-order valence-corrected chi connectivity index (χ4v) is 5.49. The molecule has 2 amide bonds. The van der Waals surface area contributed by atoms with Gasteiger partial charge in [0.15, 0.2) is 0 Å². The quantitative estimate of drug-likeness (QED) is 0.399. The summed E-state index contributed by atoms with van der Waals surface area (Å²) in [6.07, 6.45) is 3.86. The number of hydrazine groups is 1. The molecule has 9 nitrogen and oxygen atoms in total. The van der Waals surface area contributed by atoms with Crippen LogP contribution in [-0.2, 0) is 16.6 Å². The van der Waals surface area contributed by atoms with Crippen LogP contribution in [0.3, 0.4) is 0 Å². The Balaban J connectivity index is 1.37. The van der Waals surface area contributed by atoms with Crippen molar-refractivity contribution in [3.8, 4) is 5.69 Å².